The van der Waals surface area contributed by atoms with Crippen molar-refractivity contribution in [3.63, 3.8) is 0 Å². The molecule has 126 valence electrons. The van der Waals surface area contributed by atoms with Gasteiger partial charge in [-0.25, -0.2) is 4.39 Å². The first-order valence-corrected chi connectivity index (χ1v) is 7.81. The molecular weight excluding hydrogens is 307 g/mol. The van der Waals surface area contributed by atoms with Crippen molar-refractivity contribution in [3.8, 4) is 0 Å². The third-order valence-corrected chi connectivity index (χ3v) is 3.91. The van der Waals surface area contributed by atoms with Crippen LogP contribution in [0.4, 0.5) is 4.39 Å². The van der Waals surface area contributed by atoms with Crippen LogP contribution in [0.3, 0.4) is 0 Å². The molecule has 0 heterocycles. The summed E-state index contributed by atoms with van der Waals surface area (Å²) < 4.78 is 13.8. The van der Waals surface area contributed by atoms with Crippen LogP contribution in [0.1, 0.15) is 18.1 Å². The van der Waals surface area contributed by atoms with Gasteiger partial charge in [-0.15, -0.1) is 0 Å². The summed E-state index contributed by atoms with van der Waals surface area (Å²) in [4.78, 5) is 26.2. The van der Waals surface area contributed by atoms with Gasteiger partial charge in [-0.1, -0.05) is 48.5 Å². The van der Waals surface area contributed by atoms with Gasteiger partial charge in [0.1, 0.15) is 11.9 Å². The molecule has 2 amide bonds. The highest BCUT2D eigenvalue weighted by molar-refractivity contribution is 5.88. The zero-order valence-corrected chi connectivity index (χ0v) is 13.8. The van der Waals surface area contributed by atoms with Gasteiger partial charge in [0, 0.05) is 13.6 Å². The van der Waals surface area contributed by atoms with Crippen LogP contribution >= 0.6 is 0 Å². The number of nitrogens with one attached hydrogen (secondary N) is 1. The van der Waals surface area contributed by atoms with E-state index in [1.165, 1.54) is 18.0 Å². The second-order valence-corrected chi connectivity index (χ2v) is 5.57. The molecule has 0 aliphatic heterocycles. The summed E-state index contributed by atoms with van der Waals surface area (Å²) in [5.41, 5.74) is 1.24. The lowest BCUT2D eigenvalue weighted by atomic mass is 10.1. The Labute approximate surface area is 141 Å². The molecule has 0 fully saturated rings. The van der Waals surface area contributed by atoms with Crippen LogP contribution in [0.25, 0.3) is 0 Å². The molecule has 5 heteroatoms. The van der Waals surface area contributed by atoms with Crippen molar-refractivity contribution in [2.24, 2.45) is 0 Å². The van der Waals surface area contributed by atoms with Crippen LogP contribution in [0.5, 0.6) is 0 Å². The molecule has 2 aromatic carbocycles. The molecule has 0 radical (unpaired) electrons. The van der Waals surface area contributed by atoms with Gasteiger partial charge in [0.2, 0.25) is 11.8 Å². The molecule has 0 unspecified atom stereocenters. The molecule has 0 aromatic heterocycles. The van der Waals surface area contributed by atoms with Gasteiger partial charge in [0.05, 0.1) is 6.42 Å². The molecule has 2 aromatic rings. The number of halogens is 1. The van der Waals surface area contributed by atoms with Crippen LogP contribution in [-0.2, 0) is 22.6 Å². The Morgan fingerprint density at radius 2 is 1.71 bits per heavy atom. The number of benzene rings is 2. The summed E-state index contributed by atoms with van der Waals surface area (Å²) in [6.45, 7) is 1.96. The monoisotopic (exact) mass is 328 g/mol. The number of carbonyl (C=O) groups excluding carboxylic acids is 2. The maximum atomic E-state index is 13.8. The van der Waals surface area contributed by atoms with E-state index in [1.54, 1.807) is 25.1 Å². The Balaban J connectivity index is 2.22. The summed E-state index contributed by atoms with van der Waals surface area (Å²) in [7, 11) is 1.53. The maximum absolute atomic E-state index is 13.8. The molecule has 24 heavy (non-hydrogen) atoms. The quantitative estimate of drug-likeness (QED) is 0.886. The van der Waals surface area contributed by atoms with Crippen molar-refractivity contribution in [1.29, 1.82) is 0 Å². The molecular formula is C19H21FN2O2. The van der Waals surface area contributed by atoms with Gasteiger partial charge in [0.15, 0.2) is 0 Å². The lowest BCUT2D eigenvalue weighted by Crippen LogP contribution is -2.47. The minimum Gasteiger partial charge on any atom is -0.357 e. The van der Waals surface area contributed by atoms with Crippen molar-refractivity contribution in [1.82, 2.24) is 10.2 Å². The zero-order chi connectivity index (χ0) is 17.5. The zero-order valence-electron chi connectivity index (χ0n) is 13.8. The Kier molecular flexibility index (Phi) is 6.07. The molecule has 2 rings (SSSR count). The van der Waals surface area contributed by atoms with Crippen molar-refractivity contribution in [3.05, 3.63) is 71.5 Å². The van der Waals surface area contributed by atoms with Crippen molar-refractivity contribution < 1.29 is 14.0 Å². The van der Waals surface area contributed by atoms with Gasteiger partial charge in [-0.3, -0.25) is 9.59 Å². The predicted molar refractivity (Wildman–Crippen MR) is 90.6 cm³/mol. The van der Waals surface area contributed by atoms with Crippen LogP contribution in [-0.4, -0.2) is 29.8 Å². The van der Waals surface area contributed by atoms with Crippen molar-refractivity contribution in [2.75, 3.05) is 7.05 Å². The fraction of sp³-hybridized carbons (Fsp3) is 0.263. The van der Waals surface area contributed by atoms with E-state index in [0.717, 1.165) is 5.56 Å². The van der Waals surface area contributed by atoms with Crippen LogP contribution in [0.2, 0.25) is 0 Å². The molecule has 0 saturated carbocycles. The van der Waals surface area contributed by atoms with E-state index in [4.69, 9.17) is 0 Å². The van der Waals surface area contributed by atoms with E-state index >= 15 is 0 Å². The largest absolute Gasteiger partial charge is 0.357 e. The number of likely N-dealkylation sites (N-methyl/N-ethyl adjacent to an activating group) is 1. The Morgan fingerprint density at radius 3 is 2.33 bits per heavy atom. The molecule has 0 aliphatic rings. The number of nitrogens with zero attached hydrogens (tertiary/aromatic N) is 1. The fourth-order valence-corrected chi connectivity index (χ4v) is 2.48. The van der Waals surface area contributed by atoms with E-state index in [2.05, 4.69) is 5.32 Å². The van der Waals surface area contributed by atoms with Gasteiger partial charge in [0.25, 0.3) is 0 Å². The first kappa shape index (κ1) is 17.7. The number of hydrogen-bond donors (Lipinski definition) is 1. The lowest BCUT2D eigenvalue weighted by Gasteiger charge is -2.28. The Bertz CT molecular complexity index is 704. The molecule has 0 spiro atoms. The topological polar surface area (TPSA) is 49.4 Å². The van der Waals surface area contributed by atoms with E-state index in [9.17, 15) is 14.0 Å². The lowest BCUT2D eigenvalue weighted by molar-refractivity contribution is -0.139. The highest BCUT2D eigenvalue weighted by Crippen LogP contribution is 2.14. The summed E-state index contributed by atoms with van der Waals surface area (Å²) in [5, 5.41) is 2.55. The normalized spacial score (nSPS) is 11.6. The third kappa shape index (κ3) is 4.41. The molecule has 0 aliphatic carbocycles. The third-order valence-electron chi connectivity index (χ3n) is 3.91. The second kappa shape index (κ2) is 8.24. The predicted octanol–water partition coefficient (Wildman–Crippen LogP) is 2.53. The first-order valence-electron chi connectivity index (χ1n) is 7.81. The molecule has 0 bridgehead atoms. The van der Waals surface area contributed by atoms with Crippen LogP contribution in [0, 0.1) is 5.82 Å². The Morgan fingerprint density at radius 1 is 1.08 bits per heavy atom. The average Bonchev–Trinajstić information content (AvgIpc) is 2.61. The summed E-state index contributed by atoms with van der Waals surface area (Å²) in [6, 6.07) is 14.9. The van der Waals surface area contributed by atoms with Crippen LogP contribution in [0.15, 0.2) is 54.6 Å². The van der Waals surface area contributed by atoms with E-state index < -0.39 is 11.9 Å². The number of carbonyl (C=O) groups is 2. The standard InChI is InChI=1S/C19H21FN2O2/c1-14(19(24)21-2)22(13-15-8-4-3-5-9-15)18(23)12-16-10-6-7-11-17(16)20/h3-11,14H,12-13H2,1-2H3,(H,21,24)/t14-/m1/s1. The highest BCUT2D eigenvalue weighted by Gasteiger charge is 2.25. The molecule has 1 N–H and O–H groups in total. The highest BCUT2D eigenvalue weighted by atomic mass is 19.1. The summed E-state index contributed by atoms with van der Waals surface area (Å²) in [5.74, 6) is -0.967. The average molecular weight is 328 g/mol. The Hall–Kier alpha value is -2.69. The van der Waals surface area contributed by atoms with Gasteiger partial charge in [-0.05, 0) is 24.1 Å². The number of amides is 2. The minimum absolute atomic E-state index is 0.0825. The number of hydrogen-bond acceptors (Lipinski definition) is 2. The fourth-order valence-electron chi connectivity index (χ4n) is 2.48. The van der Waals surface area contributed by atoms with Gasteiger partial charge >= 0.3 is 0 Å². The van der Waals surface area contributed by atoms with E-state index in [0.29, 0.717) is 12.1 Å². The van der Waals surface area contributed by atoms with Gasteiger partial charge in [-0.2, -0.15) is 0 Å². The van der Waals surface area contributed by atoms with E-state index in [-0.39, 0.29) is 18.2 Å². The smallest absolute Gasteiger partial charge is 0.242 e. The number of rotatable bonds is 6. The molecule has 0 saturated heterocycles. The molecule has 4 nitrogen and oxygen atoms in total. The maximum Gasteiger partial charge on any atom is 0.242 e. The van der Waals surface area contributed by atoms with Crippen molar-refractivity contribution >= 4 is 11.8 Å². The molecule has 1 atom stereocenters. The van der Waals surface area contributed by atoms with Crippen LogP contribution < -0.4 is 5.32 Å². The van der Waals surface area contributed by atoms with Crippen molar-refractivity contribution in [2.45, 2.75) is 25.9 Å². The van der Waals surface area contributed by atoms with E-state index in [1.807, 2.05) is 30.3 Å². The summed E-state index contributed by atoms with van der Waals surface area (Å²) >= 11 is 0. The first-order chi connectivity index (χ1) is 11.5. The second-order valence-electron chi connectivity index (χ2n) is 5.57. The SMILES string of the molecule is CNC(=O)[C@@H](C)N(Cc1ccccc1)C(=O)Cc1ccccc1F. The summed E-state index contributed by atoms with van der Waals surface area (Å²) in [6.07, 6.45) is -0.0825. The minimum atomic E-state index is -0.644. The van der Waals surface area contributed by atoms with Gasteiger partial charge < -0.3 is 10.2 Å².